The van der Waals surface area contributed by atoms with Gasteiger partial charge in [-0.1, -0.05) is 6.07 Å². The number of benzene rings is 1. The molecule has 0 N–H and O–H groups in total. The number of carbonyl (C=O) groups is 1. The van der Waals surface area contributed by atoms with Gasteiger partial charge in [-0.15, -0.1) is 0 Å². The number of ketones is 1. The highest BCUT2D eigenvalue weighted by Gasteiger charge is 2.40. The highest BCUT2D eigenvalue weighted by molar-refractivity contribution is 5.98. The molecule has 0 amide bonds. The van der Waals surface area contributed by atoms with Crippen LogP contribution < -0.4 is 0 Å². The molecule has 0 spiro atoms. The lowest BCUT2D eigenvalue weighted by Crippen LogP contribution is -2.42. The smallest absolute Gasteiger partial charge is 0.166 e. The van der Waals surface area contributed by atoms with E-state index in [-0.39, 0.29) is 11.7 Å². The second-order valence-electron chi connectivity index (χ2n) is 6.22. The van der Waals surface area contributed by atoms with Gasteiger partial charge in [0.15, 0.2) is 5.78 Å². The summed E-state index contributed by atoms with van der Waals surface area (Å²) >= 11 is 0. The van der Waals surface area contributed by atoms with Gasteiger partial charge in [-0.2, -0.15) is 5.26 Å². The van der Waals surface area contributed by atoms with Crippen molar-refractivity contribution in [1.82, 2.24) is 4.90 Å². The Labute approximate surface area is 120 Å². The molecule has 0 aromatic heterocycles. The normalized spacial score (nSPS) is 29.1. The summed E-state index contributed by atoms with van der Waals surface area (Å²) in [6.07, 6.45) is 4.45. The van der Waals surface area contributed by atoms with Crippen molar-refractivity contribution in [2.45, 2.75) is 44.7 Å². The molecule has 3 heteroatoms. The van der Waals surface area contributed by atoms with E-state index in [4.69, 9.17) is 5.26 Å². The third-order valence-electron chi connectivity index (χ3n) is 5.10. The molecular formula is C17H20N2O. The van der Waals surface area contributed by atoms with E-state index in [1.54, 1.807) is 6.07 Å². The predicted molar refractivity (Wildman–Crippen MR) is 77.5 cm³/mol. The van der Waals surface area contributed by atoms with Crippen LogP contribution in [0.5, 0.6) is 0 Å². The molecule has 3 nitrogen and oxygen atoms in total. The molecule has 0 aliphatic carbocycles. The second-order valence-corrected chi connectivity index (χ2v) is 6.22. The fourth-order valence-corrected chi connectivity index (χ4v) is 3.80. The first-order chi connectivity index (χ1) is 9.60. The second kappa shape index (κ2) is 5.03. The minimum absolute atomic E-state index is 0.163. The highest BCUT2D eigenvalue weighted by atomic mass is 16.1. The van der Waals surface area contributed by atoms with E-state index in [0.29, 0.717) is 17.6 Å². The van der Waals surface area contributed by atoms with E-state index in [2.05, 4.69) is 18.0 Å². The number of nitrogens with zero attached hydrogens (tertiary/aromatic N) is 2. The van der Waals surface area contributed by atoms with Gasteiger partial charge in [0.05, 0.1) is 11.6 Å². The molecule has 20 heavy (non-hydrogen) atoms. The third-order valence-corrected chi connectivity index (χ3v) is 5.10. The Hall–Kier alpha value is -1.66. The summed E-state index contributed by atoms with van der Waals surface area (Å²) in [6, 6.07) is 8.78. The Bertz CT molecular complexity index is 573. The van der Waals surface area contributed by atoms with E-state index < -0.39 is 0 Å². The Balaban J connectivity index is 1.80. The number of rotatable bonds is 2. The van der Waals surface area contributed by atoms with Crippen molar-refractivity contribution in [3.05, 3.63) is 34.9 Å². The van der Waals surface area contributed by atoms with Crippen molar-refractivity contribution in [3.63, 3.8) is 0 Å². The summed E-state index contributed by atoms with van der Waals surface area (Å²) in [7, 11) is 2.19. The van der Waals surface area contributed by atoms with Crippen molar-refractivity contribution in [3.8, 4) is 6.07 Å². The largest absolute Gasteiger partial charge is 0.300 e. The average molecular weight is 268 g/mol. The van der Waals surface area contributed by atoms with Gasteiger partial charge >= 0.3 is 0 Å². The van der Waals surface area contributed by atoms with Crippen LogP contribution in [-0.4, -0.2) is 29.8 Å². The number of piperidine rings is 1. The maximum Gasteiger partial charge on any atom is 0.166 e. The van der Waals surface area contributed by atoms with Crippen LogP contribution >= 0.6 is 0 Å². The molecule has 2 fully saturated rings. The summed E-state index contributed by atoms with van der Waals surface area (Å²) < 4.78 is 0. The molecule has 0 saturated carbocycles. The first-order valence-electron chi connectivity index (χ1n) is 7.37. The lowest BCUT2D eigenvalue weighted by Gasteiger charge is -2.35. The maximum atomic E-state index is 12.7. The van der Waals surface area contributed by atoms with E-state index in [1.165, 1.54) is 12.8 Å². The summed E-state index contributed by atoms with van der Waals surface area (Å²) in [5.41, 5.74) is 2.33. The Kier molecular flexibility index (Phi) is 3.35. The quantitative estimate of drug-likeness (QED) is 0.775. The van der Waals surface area contributed by atoms with Crippen LogP contribution in [0.15, 0.2) is 18.2 Å². The zero-order valence-electron chi connectivity index (χ0n) is 12.1. The van der Waals surface area contributed by atoms with E-state index >= 15 is 0 Å². The van der Waals surface area contributed by atoms with Gasteiger partial charge < -0.3 is 4.90 Å². The molecule has 2 aliphatic rings. The van der Waals surface area contributed by atoms with Crippen LogP contribution in [0.1, 0.15) is 47.2 Å². The lowest BCUT2D eigenvalue weighted by molar-refractivity contribution is 0.0767. The molecule has 2 saturated heterocycles. The summed E-state index contributed by atoms with van der Waals surface area (Å²) in [4.78, 5) is 15.1. The van der Waals surface area contributed by atoms with Crippen LogP contribution in [0, 0.1) is 24.2 Å². The molecule has 2 bridgehead atoms. The molecule has 2 atom stereocenters. The zero-order valence-corrected chi connectivity index (χ0v) is 12.1. The third kappa shape index (κ3) is 2.14. The van der Waals surface area contributed by atoms with Gasteiger partial charge in [0.25, 0.3) is 0 Å². The van der Waals surface area contributed by atoms with E-state index in [0.717, 1.165) is 24.0 Å². The molecule has 1 aromatic rings. The fraction of sp³-hybridized carbons (Fsp3) is 0.529. The maximum absolute atomic E-state index is 12.7. The van der Waals surface area contributed by atoms with E-state index in [9.17, 15) is 4.79 Å². The number of hydrogen-bond acceptors (Lipinski definition) is 3. The number of aryl methyl sites for hydroxylation is 1. The number of hydrogen-bond donors (Lipinski definition) is 0. The first-order valence-corrected chi connectivity index (χ1v) is 7.37. The SMILES string of the molecule is Cc1cc(C(=O)C2CC3CCC(C2)N3C)ccc1C#N. The number of fused-ring (bicyclic) bond motifs is 2. The Morgan fingerprint density at radius 2 is 1.95 bits per heavy atom. The topological polar surface area (TPSA) is 44.1 Å². The Morgan fingerprint density at radius 3 is 2.50 bits per heavy atom. The summed E-state index contributed by atoms with van der Waals surface area (Å²) in [5, 5.41) is 8.96. The van der Waals surface area contributed by atoms with Crippen molar-refractivity contribution in [1.29, 1.82) is 5.26 Å². The number of carbonyl (C=O) groups excluding carboxylic acids is 1. The van der Waals surface area contributed by atoms with Gasteiger partial charge in [0.1, 0.15) is 0 Å². The van der Waals surface area contributed by atoms with Gasteiger partial charge in [-0.3, -0.25) is 4.79 Å². The molecule has 2 unspecified atom stereocenters. The van der Waals surface area contributed by atoms with Crippen molar-refractivity contribution in [2.75, 3.05) is 7.05 Å². The number of nitriles is 1. The van der Waals surface area contributed by atoms with Gasteiger partial charge in [0, 0.05) is 23.6 Å². The summed E-state index contributed by atoms with van der Waals surface area (Å²) in [5.74, 6) is 0.429. The van der Waals surface area contributed by atoms with Crippen molar-refractivity contribution >= 4 is 5.78 Å². The predicted octanol–water partition coefficient (Wildman–Crippen LogP) is 2.92. The lowest BCUT2D eigenvalue weighted by atomic mass is 9.84. The molecule has 1 aromatic carbocycles. The van der Waals surface area contributed by atoms with Gasteiger partial charge in [-0.25, -0.2) is 0 Å². The molecule has 2 heterocycles. The molecule has 104 valence electrons. The fourth-order valence-electron chi connectivity index (χ4n) is 3.80. The van der Waals surface area contributed by atoms with E-state index in [1.807, 2.05) is 19.1 Å². The average Bonchev–Trinajstić information content (AvgIpc) is 2.67. The zero-order chi connectivity index (χ0) is 14.3. The molecule has 2 aliphatic heterocycles. The van der Waals surface area contributed by atoms with Crippen LogP contribution in [0.3, 0.4) is 0 Å². The van der Waals surface area contributed by atoms with Crippen LogP contribution in [0.25, 0.3) is 0 Å². The van der Waals surface area contributed by atoms with Crippen LogP contribution in [0.2, 0.25) is 0 Å². The monoisotopic (exact) mass is 268 g/mol. The van der Waals surface area contributed by atoms with Crippen molar-refractivity contribution < 1.29 is 4.79 Å². The van der Waals surface area contributed by atoms with Gasteiger partial charge in [0.2, 0.25) is 0 Å². The molecular weight excluding hydrogens is 248 g/mol. The van der Waals surface area contributed by atoms with Crippen LogP contribution in [-0.2, 0) is 0 Å². The first kappa shape index (κ1) is 13.3. The minimum atomic E-state index is 0.163. The van der Waals surface area contributed by atoms with Gasteiger partial charge in [-0.05, 0) is 57.4 Å². The Morgan fingerprint density at radius 1 is 1.30 bits per heavy atom. The molecule has 0 radical (unpaired) electrons. The van der Waals surface area contributed by atoms with Crippen LogP contribution in [0.4, 0.5) is 0 Å². The van der Waals surface area contributed by atoms with Crippen molar-refractivity contribution in [2.24, 2.45) is 5.92 Å². The standard InChI is InChI=1S/C17H20N2O/c1-11-7-12(3-4-13(11)10-18)17(20)14-8-15-5-6-16(9-14)19(15)2/h3-4,7,14-16H,5-6,8-9H2,1-2H3. The number of Topliss-reactive ketones (excluding diaryl/α,β-unsaturated/α-hetero) is 1. The summed E-state index contributed by atoms with van der Waals surface area (Å²) in [6.45, 7) is 1.90. The minimum Gasteiger partial charge on any atom is -0.300 e. The molecule has 3 rings (SSSR count). The highest BCUT2D eigenvalue weighted by Crippen LogP contribution is 2.38.